The predicted molar refractivity (Wildman–Crippen MR) is 57.5 cm³/mol. The summed E-state index contributed by atoms with van der Waals surface area (Å²) < 4.78 is 0. The first kappa shape index (κ1) is 8.75. The minimum absolute atomic E-state index is 0. The molecule has 3 heteroatoms. The molecule has 0 saturated carbocycles. The number of thiophene rings is 1. The number of hydrogen-bond acceptors (Lipinski definition) is 2. The van der Waals surface area contributed by atoms with Gasteiger partial charge in [0.2, 0.25) is 5.91 Å². The van der Waals surface area contributed by atoms with Crippen LogP contribution >= 0.6 is 11.3 Å². The lowest BCUT2D eigenvalue weighted by Crippen LogP contribution is -2.09. The van der Waals surface area contributed by atoms with E-state index in [1.165, 1.54) is 15.3 Å². The Bertz CT molecular complexity index is 359. The lowest BCUT2D eigenvalue weighted by Gasteiger charge is -2.01. The van der Waals surface area contributed by atoms with Crippen LogP contribution in [-0.2, 0) is 11.2 Å². The van der Waals surface area contributed by atoms with Gasteiger partial charge in [0.25, 0.3) is 0 Å². The Kier molecular flexibility index (Phi) is 2.12. The molecule has 1 N–H and O–H groups in total. The molecule has 0 spiro atoms. The summed E-state index contributed by atoms with van der Waals surface area (Å²) >= 11 is 1.78. The monoisotopic (exact) mass is 197 g/mol. The van der Waals surface area contributed by atoms with E-state index >= 15 is 0 Å². The van der Waals surface area contributed by atoms with E-state index in [0.29, 0.717) is 6.42 Å². The van der Waals surface area contributed by atoms with E-state index in [1.807, 2.05) is 0 Å². The third kappa shape index (κ3) is 1.48. The molecule has 13 heavy (non-hydrogen) atoms. The standard InChI is InChI=1S/C10H13NOS.H2/c1-6-8-4-3-5-9(12)11-10(8)7(2)13-6;/h3-5H2,1-2H3,(H,11,12);1H. The van der Waals surface area contributed by atoms with Gasteiger partial charge in [-0.2, -0.15) is 0 Å². The van der Waals surface area contributed by atoms with Crippen molar-refractivity contribution in [3.05, 3.63) is 15.3 Å². The van der Waals surface area contributed by atoms with Gasteiger partial charge in [0.1, 0.15) is 0 Å². The Balaban J connectivity index is 0.000000980. The Morgan fingerprint density at radius 1 is 1.31 bits per heavy atom. The first-order chi connectivity index (χ1) is 6.18. The molecule has 0 aromatic carbocycles. The second kappa shape index (κ2) is 3.14. The molecule has 0 bridgehead atoms. The topological polar surface area (TPSA) is 29.1 Å². The lowest BCUT2D eigenvalue weighted by atomic mass is 10.1. The van der Waals surface area contributed by atoms with Gasteiger partial charge in [-0.25, -0.2) is 0 Å². The van der Waals surface area contributed by atoms with Crippen LogP contribution in [0.2, 0.25) is 0 Å². The number of carbonyl (C=O) groups excluding carboxylic acids is 1. The highest BCUT2D eigenvalue weighted by Gasteiger charge is 2.18. The highest BCUT2D eigenvalue weighted by molar-refractivity contribution is 7.12. The number of aryl methyl sites for hydroxylation is 2. The SMILES string of the molecule is Cc1sc(C)c2c1CCCC(=O)N2.[HH]. The molecule has 1 aliphatic heterocycles. The zero-order chi connectivity index (χ0) is 9.42. The highest BCUT2D eigenvalue weighted by atomic mass is 32.1. The van der Waals surface area contributed by atoms with Gasteiger partial charge in [-0.3, -0.25) is 4.79 Å². The normalized spacial score (nSPS) is 16.3. The lowest BCUT2D eigenvalue weighted by molar-refractivity contribution is -0.116. The molecule has 0 unspecified atom stereocenters. The van der Waals surface area contributed by atoms with E-state index in [0.717, 1.165) is 18.5 Å². The van der Waals surface area contributed by atoms with Crippen molar-refractivity contribution in [2.24, 2.45) is 0 Å². The van der Waals surface area contributed by atoms with Crippen molar-refractivity contribution in [2.75, 3.05) is 5.32 Å². The first-order valence-corrected chi connectivity index (χ1v) is 5.39. The van der Waals surface area contributed by atoms with Crippen LogP contribution in [0.4, 0.5) is 5.69 Å². The van der Waals surface area contributed by atoms with Gasteiger partial charge in [-0.05, 0) is 32.3 Å². The summed E-state index contributed by atoms with van der Waals surface area (Å²) in [5.74, 6) is 0.166. The Morgan fingerprint density at radius 2 is 2.08 bits per heavy atom. The molecule has 72 valence electrons. The molecule has 0 atom stereocenters. The maximum absolute atomic E-state index is 11.3. The van der Waals surface area contributed by atoms with Crippen molar-refractivity contribution in [1.29, 1.82) is 0 Å². The van der Waals surface area contributed by atoms with Crippen LogP contribution in [0.5, 0.6) is 0 Å². The van der Waals surface area contributed by atoms with Gasteiger partial charge in [0, 0.05) is 17.6 Å². The van der Waals surface area contributed by atoms with E-state index in [2.05, 4.69) is 19.2 Å². The second-order valence-electron chi connectivity index (χ2n) is 3.47. The van der Waals surface area contributed by atoms with Crippen LogP contribution in [0.25, 0.3) is 0 Å². The average molecular weight is 197 g/mol. The number of hydrogen-bond donors (Lipinski definition) is 1. The maximum Gasteiger partial charge on any atom is 0.224 e. The van der Waals surface area contributed by atoms with E-state index in [1.54, 1.807) is 11.3 Å². The Labute approximate surface area is 83.5 Å². The Morgan fingerprint density at radius 3 is 2.85 bits per heavy atom. The Hall–Kier alpha value is -0.830. The van der Waals surface area contributed by atoms with Gasteiger partial charge in [0.15, 0.2) is 0 Å². The minimum atomic E-state index is 0. The van der Waals surface area contributed by atoms with Crippen molar-refractivity contribution in [3.63, 3.8) is 0 Å². The fraction of sp³-hybridized carbons (Fsp3) is 0.500. The van der Waals surface area contributed by atoms with E-state index in [4.69, 9.17) is 0 Å². The fourth-order valence-electron chi connectivity index (χ4n) is 1.82. The molecule has 2 nitrogen and oxygen atoms in total. The number of rotatable bonds is 0. The molecule has 2 heterocycles. The molecule has 0 aliphatic carbocycles. The van der Waals surface area contributed by atoms with Crippen molar-refractivity contribution in [1.82, 2.24) is 0 Å². The number of nitrogens with one attached hydrogen (secondary N) is 1. The number of amides is 1. The summed E-state index contributed by atoms with van der Waals surface area (Å²) in [5.41, 5.74) is 2.44. The average Bonchev–Trinajstić information content (AvgIpc) is 2.28. The molecular weight excluding hydrogens is 182 g/mol. The largest absolute Gasteiger partial charge is 0.325 e. The number of anilines is 1. The third-order valence-corrected chi connectivity index (χ3v) is 3.54. The van der Waals surface area contributed by atoms with E-state index in [-0.39, 0.29) is 7.33 Å². The van der Waals surface area contributed by atoms with Gasteiger partial charge < -0.3 is 5.32 Å². The van der Waals surface area contributed by atoms with Gasteiger partial charge in [-0.1, -0.05) is 0 Å². The van der Waals surface area contributed by atoms with Gasteiger partial charge in [-0.15, -0.1) is 11.3 Å². The zero-order valence-electron chi connectivity index (χ0n) is 7.94. The summed E-state index contributed by atoms with van der Waals surface area (Å²) in [7, 11) is 0. The summed E-state index contributed by atoms with van der Waals surface area (Å²) in [6.45, 7) is 4.20. The van der Waals surface area contributed by atoms with Crippen LogP contribution in [0.15, 0.2) is 0 Å². The molecule has 1 aliphatic rings. The van der Waals surface area contributed by atoms with Gasteiger partial charge in [0.05, 0.1) is 5.69 Å². The van der Waals surface area contributed by atoms with Crippen LogP contribution < -0.4 is 5.32 Å². The molecule has 0 fully saturated rings. The minimum Gasteiger partial charge on any atom is -0.325 e. The van der Waals surface area contributed by atoms with Crippen LogP contribution in [0.1, 0.15) is 29.6 Å². The van der Waals surface area contributed by atoms with Crippen molar-refractivity contribution < 1.29 is 6.22 Å². The fourth-order valence-corrected chi connectivity index (χ4v) is 2.89. The zero-order valence-corrected chi connectivity index (χ0v) is 8.75. The van der Waals surface area contributed by atoms with E-state index in [9.17, 15) is 4.79 Å². The van der Waals surface area contributed by atoms with Crippen LogP contribution in [0, 0.1) is 13.8 Å². The maximum atomic E-state index is 11.3. The number of fused-ring (bicyclic) bond motifs is 1. The van der Waals surface area contributed by atoms with E-state index < -0.39 is 0 Å². The highest BCUT2D eigenvalue weighted by Crippen LogP contribution is 2.34. The first-order valence-electron chi connectivity index (χ1n) is 4.57. The quantitative estimate of drug-likeness (QED) is 0.680. The molecule has 1 aromatic rings. The molecule has 1 aromatic heterocycles. The molecule has 2 rings (SSSR count). The third-order valence-electron chi connectivity index (χ3n) is 2.48. The van der Waals surface area contributed by atoms with Crippen LogP contribution in [0.3, 0.4) is 0 Å². The number of carbonyl (C=O) groups is 1. The predicted octanol–water partition coefficient (Wildman–Crippen LogP) is 2.89. The summed E-state index contributed by atoms with van der Waals surface area (Å²) in [6.07, 6.45) is 2.69. The van der Waals surface area contributed by atoms with Crippen molar-refractivity contribution in [3.8, 4) is 0 Å². The molecular formula is C10H15NOS. The van der Waals surface area contributed by atoms with Crippen molar-refractivity contribution in [2.45, 2.75) is 33.1 Å². The van der Waals surface area contributed by atoms with Gasteiger partial charge >= 0.3 is 0 Å². The molecule has 1 amide bonds. The molecule has 0 saturated heterocycles. The second-order valence-corrected chi connectivity index (χ2v) is 4.90. The molecule has 0 radical (unpaired) electrons. The smallest absolute Gasteiger partial charge is 0.224 e. The van der Waals surface area contributed by atoms with Crippen molar-refractivity contribution >= 4 is 22.9 Å². The summed E-state index contributed by atoms with van der Waals surface area (Å²) in [4.78, 5) is 13.9. The summed E-state index contributed by atoms with van der Waals surface area (Å²) in [5, 5.41) is 2.98. The summed E-state index contributed by atoms with van der Waals surface area (Å²) in [6, 6.07) is 0. The van der Waals surface area contributed by atoms with Crippen LogP contribution in [-0.4, -0.2) is 5.91 Å².